The summed E-state index contributed by atoms with van der Waals surface area (Å²) in [6.07, 6.45) is 0.793. The van der Waals surface area contributed by atoms with Crippen LogP contribution in [-0.4, -0.2) is 20.2 Å². The van der Waals surface area contributed by atoms with Crippen molar-refractivity contribution in [3.8, 4) is 0 Å². The molecule has 1 rings (SSSR count). The van der Waals surface area contributed by atoms with Crippen molar-refractivity contribution in [2.24, 2.45) is 5.92 Å². The molecule has 11 heavy (non-hydrogen) atoms. The molecule has 0 aromatic carbocycles. The van der Waals surface area contributed by atoms with Crippen molar-refractivity contribution in [1.82, 2.24) is 0 Å². The number of rotatable bonds is 2. The Morgan fingerprint density at radius 1 is 1.55 bits per heavy atom. The molecule has 1 saturated heterocycles. The molecule has 1 atom stereocenters. The highest BCUT2D eigenvalue weighted by Crippen LogP contribution is 2.38. The summed E-state index contributed by atoms with van der Waals surface area (Å²) in [5.74, 6) is 0.0306. The largest absolute Gasteiger partial charge is 0.444 e. The van der Waals surface area contributed by atoms with Crippen LogP contribution in [0.15, 0.2) is 12.3 Å². The van der Waals surface area contributed by atoms with Gasteiger partial charge in [0.15, 0.2) is 0 Å². The lowest BCUT2D eigenvalue weighted by atomic mass is 10.1. The van der Waals surface area contributed by atoms with E-state index < -0.39 is 5.97 Å². The highest BCUT2D eigenvalue weighted by Gasteiger charge is 2.45. The fourth-order valence-electron chi connectivity index (χ4n) is 1.38. The van der Waals surface area contributed by atoms with Gasteiger partial charge in [0.05, 0.1) is 11.7 Å². The molecule has 0 amide bonds. The fourth-order valence-corrected chi connectivity index (χ4v) is 1.38. The first-order chi connectivity index (χ1) is 5.14. The molecule has 0 N–H and O–H groups in total. The van der Waals surface area contributed by atoms with Crippen molar-refractivity contribution in [3.63, 3.8) is 0 Å². The summed E-state index contributed by atoms with van der Waals surface area (Å²) < 4.78 is 15.6. The van der Waals surface area contributed by atoms with Gasteiger partial charge in [-0.3, -0.25) is 0 Å². The Morgan fingerprint density at radius 3 is 2.27 bits per heavy atom. The number of methoxy groups -OCH3 is 2. The van der Waals surface area contributed by atoms with Crippen molar-refractivity contribution in [1.29, 1.82) is 0 Å². The maximum absolute atomic E-state index is 5.32. The van der Waals surface area contributed by atoms with Gasteiger partial charge in [-0.1, -0.05) is 13.5 Å². The van der Waals surface area contributed by atoms with Gasteiger partial charge in [0, 0.05) is 20.6 Å². The first kappa shape index (κ1) is 8.56. The van der Waals surface area contributed by atoms with Gasteiger partial charge < -0.3 is 14.2 Å². The van der Waals surface area contributed by atoms with E-state index in [1.54, 1.807) is 14.2 Å². The highest BCUT2D eigenvalue weighted by atomic mass is 16.9. The topological polar surface area (TPSA) is 27.7 Å². The SMILES string of the molecule is C=C1CC(C)C(OC)(OC)O1. The van der Waals surface area contributed by atoms with Crippen LogP contribution < -0.4 is 0 Å². The summed E-state index contributed by atoms with van der Waals surface area (Å²) in [6, 6.07) is 0. The average Bonchev–Trinajstić information content (AvgIpc) is 2.27. The van der Waals surface area contributed by atoms with E-state index in [0.717, 1.165) is 12.2 Å². The molecule has 3 nitrogen and oxygen atoms in total. The van der Waals surface area contributed by atoms with Crippen LogP contribution in [0.5, 0.6) is 0 Å². The second kappa shape index (κ2) is 2.83. The third kappa shape index (κ3) is 1.26. The van der Waals surface area contributed by atoms with Gasteiger partial charge in [0.25, 0.3) is 0 Å². The summed E-state index contributed by atoms with van der Waals surface area (Å²) in [6.45, 7) is 5.72. The molecule has 0 bridgehead atoms. The van der Waals surface area contributed by atoms with E-state index in [4.69, 9.17) is 14.2 Å². The summed E-state index contributed by atoms with van der Waals surface area (Å²) in [5.41, 5.74) is 0. The van der Waals surface area contributed by atoms with Gasteiger partial charge in [-0.2, -0.15) is 0 Å². The van der Waals surface area contributed by atoms with Crippen LogP contribution in [-0.2, 0) is 14.2 Å². The van der Waals surface area contributed by atoms with Crippen LogP contribution in [0.2, 0.25) is 0 Å². The molecular weight excluding hydrogens is 144 g/mol. The molecule has 1 heterocycles. The first-order valence-electron chi connectivity index (χ1n) is 3.61. The van der Waals surface area contributed by atoms with Gasteiger partial charge in [0.1, 0.15) is 0 Å². The fraction of sp³-hybridized carbons (Fsp3) is 0.750. The van der Waals surface area contributed by atoms with Crippen molar-refractivity contribution in [2.45, 2.75) is 19.3 Å². The minimum Gasteiger partial charge on any atom is -0.444 e. The Bertz CT molecular complexity index is 161. The Hall–Kier alpha value is -0.540. The van der Waals surface area contributed by atoms with Crippen LogP contribution in [0.1, 0.15) is 13.3 Å². The van der Waals surface area contributed by atoms with Crippen molar-refractivity contribution in [3.05, 3.63) is 12.3 Å². The quantitative estimate of drug-likeness (QED) is 0.570. The Balaban J connectivity index is 2.75. The summed E-state index contributed by atoms with van der Waals surface area (Å²) in [5, 5.41) is 0. The third-order valence-electron chi connectivity index (χ3n) is 1.99. The molecule has 1 aliphatic heterocycles. The molecule has 0 spiro atoms. The zero-order valence-corrected chi connectivity index (χ0v) is 7.22. The Labute approximate surface area is 66.9 Å². The Kier molecular flexibility index (Phi) is 2.20. The summed E-state index contributed by atoms with van der Waals surface area (Å²) in [4.78, 5) is 0. The molecule has 64 valence electrons. The second-order valence-corrected chi connectivity index (χ2v) is 2.76. The monoisotopic (exact) mass is 158 g/mol. The predicted octanol–water partition coefficient (Wildman–Crippen LogP) is 1.50. The molecule has 0 saturated carbocycles. The van der Waals surface area contributed by atoms with E-state index in [-0.39, 0.29) is 5.92 Å². The van der Waals surface area contributed by atoms with E-state index >= 15 is 0 Å². The normalized spacial score (nSPS) is 28.6. The van der Waals surface area contributed by atoms with E-state index in [1.807, 2.05) is 6.92 Å². The summed E-state index contributed by atoms with van der Waals surface area (Å²) >= 11 is 0. The second-order valence-electron chi connectivity index (χ2n) is 2.76. The van der Waals surface area contributed by atoms with E-state index in [2.05, 4.69) is 6.58 Å². The number of allylic oxidation sites excluding steroid dienone is 1. The third-order valence-corrected chi connectivity index (χ3v) is 1.99. The highest BCUT2D eigenvalue weighted by molar-refractivity contribution is 4.95. The van der Waals surface area contributed by atoms with Crippen LogP contribution in [0.4, 0.5) is 0 Å². The molecule has 0 aliphatic carbocycles. The molecule has 1 fully saturated rings. The molecule has 1 aliphatic rings. The van der Waals surface area contributed by atoms with Gasteiger partial charge in [0.2, 0.25) is 0 Å². The van der Waals surface area contributed by atoms with E-state index in [0.29, 0.717) is 0 Å². The molecule has 1 unspecified atom stereocenters. The molecule has 3 heteroatoms. The predicted molar refractivity (Wildman–Crippen MR) is 40.8 cm³/mol. The number of hydrogen-bond acceptors (Lipinski definition) is 3. The smallest absolute Gasteiger partial charge is 0.329 e. The van der Waals surface area contributed by atoms with Crippen molar-refractivity contribution < 1.29 is 14.2 Å². The van der Waals surface area contributed by atoms with Crippen molar-refractivity contribution in [2.75, 3.05) is 14.2 Å². The molecule has 0 aromatic rings. The molecule has 0 aromatic heterocycles. The number of ether oxygens (including phenoxy) is 3. The van der Waals surface area contributed by atoms with Gasteiger partial charge >= 0.3 is 5.97 Å². The zero-order valence-electron chi connectivity index (χ0n) is 7.22. The molecular formula is C8H14O3. The van der Waals surface area contributed by atoms with Gasteiger partial charge in [-0.25, -0.2) is 0 Å². The van der Waals surface area contributed by atoms with Crippen LogP contribution >= 0.6 is 0 Å². The van der Waals surface area contributed by atoms with Crippen molar-refractivity contribution >= 4 is 0 Å². The standard InChI is InChI=1S/C8H14O3/c1-6-5-7(2)11-8(6,9-3)10-4/h6H,2,5H2,1,3-4H3. The zero-order chi connectivity index (χ0) is 8.48. The van der Waals surface area contributed by atoms with Gasteiger partial charge in [-0.15, -0.1) is 0 Å². The Morgan fingerprint density at radius 2 is 2.09 bits per heavy atom. The lowest BCUT2D eigenvalue weighted by Crippen LogP contribution is -2.38. The minimum absolute atomic E-state index is 0.199. The van der Waals surface area contributed by atoms with Crippen LogP contribution in [0, 0.1) is 5.92 Å². The average molecular weight is 158 g/mol. The van der Waals surface area contributed by atoms with Crippen LogP contribution in [0.25, 0.3) is 0 Å². The lowest BCUT2D eigenvalue weighted by molar-refractivity contribution is -0.349. The first-order valence-corrected chi connectivity index (χ1v) is 3.61. The number of hydrogen-bond donors (Lipinski definition) is 0. The lowest BCUT2D eigenvalue weighted by Gasteiger charge is -2.28. The van der Waals surface area contributed by atoms with Crippen LogP contribution in [0.3, 0.4) is 0 Å². The maximum Gasteiger partial charge on any atom is 0.329 e. The van der Waals surface area contributed by atoms with E-state index in [9.17, 15) is 0 Å². The van der Waals surface area contributed by atoms with Gasteiger partial charge in [-0.05, 0) is 0 Å². The minimum atomic E-state index is -0.892. The summed E-state index contributed by atoms with van der Waals surface area (Å²) in [7, 11) is 3.14. The molecule has 0 radical (unpaired) electrons. The van der Waals surface area contributed by atoms with E-state index in [1.165, 1.54) is 0 Å². The maximum atomic E-state index is 5.32.